The highest BCUT2D eigenvalue weighted by Crippen LogP contribution is 2.20. The maximum atomic E-state index is 11.9. The molecule has 4 heteroatoms. The van der Waals surface area contributed by atoms with E-state index >= 15 is 0 Å². The molecule has 0 spiro atoms. The molecule has 0 aliphatic carbocycles. The van der Waals surface area contributed by atoms with Crippen LogP contribution in [-0.2, 0) is 0 Å². The fraction of sp³-hybridized carbons (Fsp3) is 0.900. The minimum atomic E-state index is -1.51. The fourth-order valence-electron chi connectivity index (χ4n) is 1.46. The van der Waals surface area contributed by atoms with Crippen LogP contribution in [0.5, 0.6) is 0 Å². The minimum absolute atomic E-state index is 0.164. The van der Waals surface area contributed by atoms with Crippen LogP contribution >= 0.6 is 0 Å². The Balaban J connectivity index is 4.76. The molecular formula is C10H25N2OSi+. The lowest BCUT2D eigenvalue weighted by Crippen LogP contribution is -2.67. The maximum Gasteiger partial charge on any atom is 0.398 e. The van der Waals surface area contributed by atoms with Crippen molar-refractivity contribution < 1.29 is 8.94 Å². The van der Waals surface area contributed by atoms with Gasteiger partial charge in [-0.3, -0.25) is 0 Å². The van der Waals surface area contributed by atoms with Crippen LogP contribution in [0.25, 0.3) is 0 Å². The molecule has 14 heavy (non-hydrogen) atoms. The lowest BCUT2D eigenvalue weighted by atomic mass is 10.3. The molecule has 1 unspecified atom stereocenters. The third-order valence-electron chi connectivity index (χ3n) is 3.10. The largest absolute Gasteiger partial charge is 0.398 e. The van der Waals surface area contributed by atoms with Crippen LogP contribution in [0.2, 0.25) is 19.6 Å². The number of hydrogen-bond donors (Lipinski definition) is 1. The van der Waals surface area contributed by atoms with Crippen molar-refractivity contribution in [1.29, 1.82) is 0 Å². The first-order chi connectivity index (χ1) is 6.29. The number of carbonyl (C=O) groups is 1. The number of urea groups is 1. The summed E-state index contributed by atoms with van der Waals surface area (Å²) in [6.45, 7) is 9.87. The van der Waals surface area contributed by atoms with Gasteiger partial charge in [0.2, 0.25) is 0 Å². The van der Waals surface area contributed by atoms with E-state index in [0.29, 0.717) is 4.15 Å². The van der Waals surface area contributed by atoms with Crippen molar-refractivity contribution in [3.8, 4) is 0 Å². The van der Waals surface area contributed by atoms with Gasteiger partial charge in [-0.05, 0) is 26.1 Å². The third kappa shape index (κ3) is 2.82. The van der Waals surface area contributed by atoms with E-state index in [-0.39, 0.29) is 6.03 Å². The predicted octanol–water partition coefficient (Wildman–Crippen LogP) is 2.41. The number of quaternary nitrogens is 1. The van der Waals surface area contributed by atoms with E-state index in [1.165, 1.54) is 0 Å². The van der Waals surface area contributed by atoms with E-state index in [0.717, 1.165) is 19.4 Å². The van der Waals surface area contributed by atoms with Gasteiger partial charge in [-0.25, -0.2) is 4.79 Å². The van der Waals surface area contributed by atoms with E-state index in [9.17, 15) is 4.79 Å². The standard InChI is InChI=1S/C10H24N2OSi/c1-7-8-9-12(3,10(13)11-2)14(4,5)6/h7-9H2,1-6H3/p+1. The number of nitrogens with one attached hydrogen (secondary N) is 1. The molecule has 0 saturated carbocycles. The quantitative estimate of drug-likeness (QED) is 0.720. The monoisotopic (exact) mass is 217 g/mol. The van der Waals surface area contributed by atoms with Crippen LogP contribution in [-0.4, -0.2) is 39.1 Å². The van der Waals surface area contributed by atoms with Gasteiger partial charge in [0.15, 0.2) is 0 Å². The van der Waals surface area contributed by atoms with Gasteiger partial charge in [0.1, 0.15) is 0 Å². The molecule has 0 aliphatic heterocycles. The summed E-state index contributed by atoms with van der Waals surface area (Å²) in [7, 11) is 2.29. The molecule has 0 bridgehead atoms. The second-order valence-corrected chi connectivity index (χ2v) is 10.3. The molecule has 3 nitrogen and oxygen atoms in total. The molecule has 0 aromatic rings. The topological polar surface area (TPSA) is 29.1 Å². The van der Waals surface area contributed by atoms with Crippen molar-refractivity contribution in [3.05, 3.63) is 0 Å². The van der Waals surface area contributed by atoms with Gasteiger partial charge in [0.05, 0.1) is 13.6 Å². The van der Waals surface area contributed by atoms with Gasteiger partial charge in [0, 0.05) is 7.05 Å². The number of hydrogen-bond acceptors (Lipinski definition) is 1. The van der Waals surface area contributed by atoms with E-state index in [4.69, 9.17) is 0 Å². The Hall–Kier alpha value is -0.353. The molecule has 84 valence electrons. The molecular weight excluding hydrogens is 192 g/mol. The van der Waals surface area contributed by atoms with Crippen LogP contribution in [0.4, 0.5) is 4.79 Å². The first-order valence-corrected chi connectivity index (χ1v) is 8.82. The zero-order valence-electron chi connectivity index (χ0n) is 10.5. The molecule has 0 aliphatic rings. The molecule has 2 amide bonds. The first kappa shape index (κ1) is 13.6. The molecule has 0 aromatic heterocycles. The number of amides is 2. The van der Waals surface area contributed by atoms with Gasteiger partial charge in [-0.1, -0.05) is 13.3 Å². The van der Waals surface area contributed by atoms with Crippen molar-refractivity contribution >= 4 is 14.3 Å². The van der Waals surface area contributed by atoms with Crippen molar-refractivity contribution in [2.45, 2.75) is 39.4 Å². The maximum absolute atomic E-state index is 11.9. The number of unbranched alkanes of at least 4 members (excludes halogenated alkanes) is 1. The number of rotatable bonds is 4. The van der Waals surface area contributed by atoms with E-state index in [2.05, 4.69) is 38.9 Å². The summed E-state index contributed by atoms with van der Waals surface area (Å²) < 4.78 is 0.595. The molecule has 0 saturated heterocycles. The Kier molecular flexibility index (Phi) is 4.81. The van der Waals surface area contributed by atoms with E-state index in [1.54, 1.807) is 7.05 Å². The SMILES string of the molecule is CCCC[N+](C)(C(=O)NC)[Si](C)(C)C. The Bertz CT molecular complexity index is 201. The zero-order chi connectivity index (χ0) is 11.4. The van der Waals surface area contributed by atoms with Crippen molar-refractivity contribution in [3.63, 3.8) is 0 Å². The van der Waals surface area contributed by atoms with E-state index < -0.39 is 8.24 Å². The molecule has 0 radical (unpaired) electrons. The second kappa shape index (κ2) is 4.93. The molecule has 1 N–H and O–H groups in total. The number of carbonyl (C=O) groups excluding carboxylic acids is 1. The molecule has 1 atom stereocenters. The highest BCUT2D eigenvalue weighted by Gasteiger charge is 2.44. The summed E-state index contributed by atoms with van der Waals surface area (Å²) in [5, 5.41) is 2.79. The Morgan fingerprint density at radius 1 is 1.36 bits per heavy atom. The summed E-state index contributed by atoms with van der Waals surface area (Å²) in [6.07, 6.45) is 2.27. The molecule has 0 aromatic carbocycles. The van der Waals surface area contributed by atoms with Gasteiger partial charge >= 0.3 is 6.03 Å². The van der Waals surface area contributed by atoms with Crippen molar-refractivity contribution in [1.82, 2.24) is 5.32 Å². The lowest BCUT2D eigenvalue weighted by Gasteiger charge is -2.41. The first-order valence-electron chi connectivity index (χ1n) is 5.37. The average molecular weight is 217 g/mol. The average Bonchev–Trinajstić information content (AvgIpc) is 2.10. The fourth-order valence-corrected chi connectivity index (χ4v) is 3.01. The van der Waals surface area contributed by atoms with Crippen LogP contribution < -0.4 is 5.32 Å². The lowest BCUT2D eigenvalue weighted by molar-refractivity contribution is -0.727. The van der Waals surface area contributed by atoms with Gasteiger partial charge < -0.3 is 9.47 Å². The predicted molar refractivity (Wildman–Crippen MR) is 63.8 cm³/mol. The van der Waals surface area contributed by atoms with Crippen LogP contribution in [0.1, 0.15) is 19.8 Å². The highest BCUT2D eigenvalue weighted by atomic mass is 28.3. The Morgan fingerprint density at radius 3 is 2.14 bits per heavy atom. The molecule has 0 fully saturated rings. The third-order valence-corrected chi connectivity index (χ3v) is 6.49. The van der Waals surface area contributed by atoms with E-state index in [1.807, 2.05) is 0 Å². The summed E-state index contributed by atoms with van der Waals surface area (Å²) in [5.41, 5.74) is 0. The Labute approximate surface area is 89.2 Å². The zero-order valence-corrected chi connectivity index (χ0v) is 11.5. The van der Waals surface area contributed by atoms with Gasteiger partial charge in [-0.2, -0.15) is 0 Å². The smallest absolute Gasteiger partial charge is 0.310 e. The second-order valence-electron chi connectivity index (χ2n) is 4.99. The Morgan fingerprint density at radius 2 is 1.86 bits per heavy atom. The summed E-state index contributed by atoms with van der Waals surface area (Å²) in [5.74, 6) is 0. The van der Waals surface area contributed by atoms with Gasteiger partial charge in [-0.15, -0.1) is 0 Å². The normalized spacial score (nSPS) is 16.1. The number of nitrogens with zero attached hydrogens (tertiary/aromatic N) is 1. The van der Waals surface area contributed by atoms with Crippen molar-refractivity contribution in [2.24, 2.45) is 0 Å². The minimum Gasteiger partial charge on any atom is -0.310 e. The molecule has 0 heterocycles. The van der Waals surface area contributed by atoms with Crippen molar-refractivity contribution in [2.75, 3.05) is 20.6 Å². The highest BCUT2D eigenvalue weighted by molar-refractivity contribution is 6.70. The summed E-state index contributed by atoms with van der Waals surface area (Å²) >= 11 is 0. The van der Waals surface area contributed by atoms with Crippen LogP contribution in [0, 0.1) is 0 Å². The van der Waals surface area contributed by atoms with Crippen LogP contribution in [0.3, 0.4) is 0 Å². The molecule has 0 rings (SSSR count). The van der Waals surface area contributed by atoms with Gasteiger partial charge in [0.25, 0.3) is 8.24 Å². The summed E-state index contributed by atoms with van der Waals surface area (Å²) in [4.78, 5) is 11.9. The summed E-state index contributed by atoms with van der Waals surface area (Å²) in [6, 6.07) is 0.164. The van der Waals surface area contributed by atoms with Crippen LogP contribution in [0.15, 0.2) is 0 Å².